The number of halogens is 1. The van der Waals surface area contributed by atoms with E-state index >= 15 is 0 Å². The molecule has 0 spiro atoms. The highest BCUT2D eigenvalue weighted by molar-refractivity contribution is 7.90. The van der Waals surface area contributed by atoms with Gasteiger partial charge >= 0.3 is 0 Å². The second kappa shape index (κ2) is 4.95. The molecule has 0 aliphatic carbocycles. The van der Waals surface area contributed by atoms with Gasteiger partial charge in [-0.15, -0.1) is 11.6 Å². The first-order valence-electron chi connectivity index (χ1n) is 4.39. The monoisotopic (exact) mass is 240 g/mol. The van der Waals surface area contributed by atoms with Gasteiger partial charge in [0, 0.05) is 6.54 Å². The van der Waals surface area contributed by atoms with Crippen LogP contribution in [0.3, 0.4) is 0 Å². The summed E-state index contributed by atoms with van der Waals surface area (Å²) in [5, 5.41) is 2.12. The van der Waals surface area contributed by atoms with Crippen LogP contribution in [-0.4, -0.2) is 32.1 Å². The van der Waals surface area contributed by atoms with Crippen LogP contribution in [0.15, 0.2) is 0 Å². The molecule has 1 atom stereocenters. The summed E-state index contributed by atoms with van der Waals surface area (Å²) in [7, 11) is -3.51. The van der Waals surface area contributed by atoms with E-state index in [0.29, 0.717) is 13.0 Å². The average Bonchev–Trinajstić information content (AvgIpc) is 2.32. The van der Waals surface area contributed by atoms with E-state index in [1.54, 1.807) is 0 Å². The molecule has 1 rings (SSSR count). The lowest BCUT2D eigenvalue weighted by Gasteiger charge is -2.13. The summed E-state index contributed by atoms with van der Waals surface area (Å²) in [5.41, 5.74) is 0. The number of hydrogen-bond acceptors (Lipinski definition) is 3. The molecule has 0 radical (unpaired) electrons. The molecule has 82 valence electrons. The molecule has 14 heavy (non-hydrogen) atoms. The van der Waals surface area contributed by atoms with Gasteiger partial charge in [-0.1, -0.05) is 0 Å². The van der Waals surface area contributed by atoms with Gasteiger partial charge in [0.25, 0.3) is 0 Å². The Morgan fingerprint density at radius 2 is 2.21 bits per heavy atom. The Kier molecular flexibility index (Phi) is 4.15. The molecule has 1 aliphatic rings. The van der Waals surface area contributed by atoms with Gasteiger partial charge in [0.1, 0.15) is 11.3 Å². The van der Waals surface area contributed by atoms with E-state index in [9.17, 15) is 13.2 Å². The standard InChI is InChI=1S/C7H13ClN2O3S/c8-5-14(12,13)10-6-3-1-2-4-9-7(6)11/h6,10H,1-5H2,(H,9,11). The Bertz CT molecular complexity index is 304. The fourth-order valence-corrected chi connectivity index (χ4v) is 2.21. The zero-order valence-electron chi connectivity index (χ0n) is 7.62. The van der Waals surface area contributed by atoms with Gasteiger partial charge in [-0.2, -0.15) is 0 Å². The summed E-state index contributed by atoms with van der Waals surface area (Å²) >= 11 is 5.22. The number of rotatable bonds is 3. The van der Waals surface area contributed by atoms with Crippen molar-refractivity contribution in [1.29, 1.82) is 0 Å². The maximum Gasteiger partial charge on any atom is 0.238 e. The van der Waals surface area contributed by atoms with Crippen LogP contribution in [0.2, 0.25) is 0 Å². The highest BCUT2D eigenvalue weighted by atomic mass is 35.5. The van der Waals surface area contributed by atoms with E-state index in [1.807, 2.05) is 0 Å². The van der Waals surface area contributed by atoms with Crippen LogP contribution in [0.25, 0.3) is 0 Å². The third-order valence-electron chi connectivity index (χ3n) is 2.00. The molecule has 2 N–H and O–H groups in total. The van der Waals surface area contributed by atoms with E-state index in [2.05, 4.69) is 10.0 Å². The van der Waals surface area contributed by atoms with Crippen molar-refractivity contribution in [2.24, 2.45) is 0 Å². The zero-order valence-corrected chi connectivity index (χ0v) is 9.20. The Hall–Kier alpha value is -0.330. The summed E-state index contributed by atoms with van der Waals surface area (Å²) in [6.45, 7) is 0.609. The van der Waals surface area contributed by atoms with Crippen molar-refractivity contribution in [2.45, 2.75) is 25.3 Å². The molecule has 1 saturated heterocycles. The normalized spacial score (nSPS) is 24.1. The lowest BCUT2D eigenvalue weighted by molar-refractivity contribution is -0.122. The minimum atomic E-state index is -3.51. The average molecular weight is 241 g/mol. The van der Waals surface area contributed by atoms with Crippen LogP contribution < -0.4 is 10.0 Å². The first kappa shape index (κ1) is 11.7. The highest BCUT2D eigenvalue weighted by Gasteiger charge is 2.24. The molecule has 1 fully saturated rings. The first-order valence-corrected chi connectivity index (χ1v) is 6.57. The Morgan fingerprint density at radius 1 is 1.50 bits per heavy atom. The van der Waals surface area contributed by atoms with Crippen LogP contribution in [0, 0.1) is 0 Å². The van der Waals surface area contributed by atoms with Gasteiger partial charge in [0.05, 0.1) is 0 Å². The number of carbonyl (C=O) groups excluding carboxylic acids is 1. The number of carbonyl (C=O) groups is 1. The molecular weight excluding hydrogens is 228 g/mol. The van der Waals surface area contributed by atoms with Gasteiger partial charge in [-0.3, -0.25) is 4.79 Å². The van der Waals surface area contributed by atoms with Crippen molar-refractivity contribution >= 4 is 27.5 Å². The maximum atomic E-state index is 11.3. The predicted molar refractivity (Wildman–Crippen MR) is 53.4 cm³/mol. The van der Waals surface area contributed by atoms with Crippen molar-refractivity contribution in [2.75, 3.05) is 11.8 Å². The third-order valence-corrected chi connectivity index (χ3v) is 3.79. The number of alkyl halides is 1. The predicted octanol–water partition coefficient (Wildman–Crippen LogP) is -0.229. The molecule has 0 saturated carbocycles. The zero-order chi connectivity index (χ0) is 10.6. The molecule has 0 aromatic rings. The minimum absolute atomic E-state index is 0.267. The fourth-order valence-electron chi connectivity index (χ4n) is 1.30. The largest absolute Gasteiger partial charge is 0.355 e. The summed E-state index contributed by atoms with van der Waals surface area (Å²) in [6.07, 6.45) is 2.24. The van der Waals surface area contributed by atoms with E-state index in [0.717, 1.165) is 12.8 Å². The van der Waals surface area contributed by atoms with E-state index in [1.165, 1.54) is 0 Å². The fraction of sp³-hybridized carbons (Fsp3) is 0.857. The topological polar surface area (TPSA) is 75.3 Å². The van der Waals surface area contributed by atoms with E-state index < -0.39 is 21.3 Å². The number of sulfonamides is 1. The second-order valence-corrected chi connectivity index (χ2v) is 5.52. The minimum Gasteiger partial charge on any atom is -0.355 e. The molecule has 5 nitrogen and oxygen atoms in total. The molecule has 0 bridgehead atoms. The summed E-state index contributed by atoms with van der Waals surface area (Å²) < 4.78 is 24.5. The van der Waals surface area contributed by atoms with Crippen molar-refractivity contribution in [1.82, 2.24) is 10.0 Å². The summed E-state index contributed by atoms with van der Waals surface area (Å²) in [4.78, 5) is 11.3. The SMILES string of the molecule is O=C1NCCCCC1NS(=O)(=O)CCl. The van der Waals surface area contributed by atoms with Crippen molar-refractivity contribution in [3.8, 4) is 0 Å². The maximum absolute atomic E-state index is 11.3. The summed E-state index contributed by atoms with van der Waals surface area (Å²) in [5.74, 6) is -0.267. The second-order valence-electron chi connectivity index (χ2n) is 3.18. The Labute approximate surface area is 88.2 Å². The molecule has 1 heterocycles. The van der Waals surface area contributed by atoms with E-state index in [4.69, 9.17) is 11.6 Å². The molecule has 0 aromatic heterocycles. The third kappa shape index (κ3) is 3.43. The number of amides is 1. The van der Waals surface area contributed by atoms with Gasteiger partial charge < -0.3 is 5.32 Å². The Morgan fingerprint density at radius 3 is 2.86 bits per heavy atom. The molecule has 1 unspecified atom stereocenters. The van der Waals surface area contributed by atoms with Crippen molar-refractivity contribution < 1.29 is 13.2 Å². The van der Waals surface area contributed by atoms with E-state index in [-0.39, 0.29) is 5.91 Å². The van der Waals surface area contributed by atoms with Crippen LogP contribution >= 0.6 is 11.6 Å². The highest BCUT2D eigenvalue weighted by Crippen LogP contribution is 2.06. The molecule has 7 heteroatoms. The van der Waals surface area contributed by atoms with Crippen LogP contribution in [0.4, 0.5) is 0 Å². The van der Waals surface area contributed by atoms with Gasteiger partial charge in [0.15, 0.2) is 0 Å². The summed E-state index contributed by atoms with van der Waals surface area (Å²) in [6, 6.07) is -0.666. The van der Waals surface area contributed by atoms with Crippen LogP contribution in [0.5, 0.6) is 0 Å². The molecule has 1 aliphatic heterocycles. The number of hydrogen-bond donors (Lipinski definition) is 2. The molecular formula is C7H13ClN2O3S. The van der Waals surface area contributed by atoms with Crippen molar-refractivity contribution in [3.05, 3.63) is 0 Å². The Balaban J connectivity index is 2.61. The molecule has 0 aromatic carbocycles. The van der Waals surface area contributed by atoms with Crippen LogP contribution in [-0.2, 0) is 14.8 Å². The lowest BCUT2D eigenvalue weighted by atomic mass is 10.1. The van der Waals surface area contributed by atoms with Crippen LogP contribution in [0.1, 0.15) is 19.3 Å². The van der Waals surface area contributed by atoms with Gasteiger partial charge in [-0.05, 0) is 19.3 Å². The van der Waals surface area contributed by atoms with Crippen molar-refractivity contribution in [3.63, 3.8) is 0 Å². The smallest absolute Gasteiger partial charge is 0.238 e. The molecule has 1 amide bonds. The van der Waals surface area contributed by atoms with Gasteiger partial charge in [0.2, 0.25) is 15.9 Å². The van der Waals surface area contributed by atoms with Gasteiger partial charge in [-0.25, -0.2) is 13.1 Å². The lowest BCUT2D eigenvalue weighted by Crippen LogP contribution is -2.45. The quantitative estimate of drug-likeness (QED) is 0.670. The first-order chi connectivity index (χ1) is 6.55. The number of nitrogens with one attached hydrogen (secondary N) is 2.